The number of ether oxygens (including phenoxy) is 3. The van der Waals surface area contributed by atoms with E-state index in [1.807, 2.05) is 55.6 Å². The van der Waals surface area contributed by atoms with Gasteiger partial charge in [0.2, 0.25) is 5.91 Å². The van der Waals surface area contributed by atoms with Gasteiger partial charge in [-0.1, -0.05) is 56.0 Å². The van der Waals surface area contributed by atoms with Crippen LogP contribution in [0.1, 0.15) is 88.7 Å². The number of aliphatic hydroxyl groups excluding tert-OH is 2. The van der Waals surface area contributed by atoms with Gasteiger partial charge in [0.25, 0.3) is 0 Å². The zero-order valence-corrected chi connectivity index (χ0v) is 31.6. The molecule has 1 heterocycles. The van der Waals surface area contributed by atoms with Crippen LogP contribution in [-0.2, 0) is 26.5 Å². The first-order valence-electron chi connectivity index (χ1n) is 18.3. The Morgan fingerprint density at radius 3 is 2.53 bits per heavy atom. The molecular formula is C39H51ClN2O10S. The fraction of sp³-hybridized carbons (Fsp3) is 0.538. The SMILES string of the molecule is CCCCCC(=O)N(CCCCCSc1ccc(Cl)c(COC2(c3cnccc3-c3ccccc3OC3CC3)CC2)c1)C(O)(O)C(O)(O)OC(O)CO. The number of carbonyl (C=O) groups is 1. The molecule has 12 nitrogen and oxygen atoms in total. The average Bonchev–Trinajstić information content (AvgIpc) is 4.09. The number of benzene rings is 2. The highest BCUT2D eigenvalue weighted by Gasteiger charge is 2.56. The van der Waals surface area contributed by atoms with Crippen molar-refractivity contribution in [3.05, 3.63) is 77.1 Å². The lowest BCUT2D eigenvalue weighted by atomic mass is 9.96. The van der Waals surface area contributed by atoms with Crippen molar-refractivity contribution in [3.63, 3.8) is 0 Å². The molecule has 53 heavy (non-hydrogen) atoms. The molecule has 1 amide bonds. The molecule has 2 saturated carbocycles. The second-order valence-corrected chi connectivity index (χ2v) is 15.3. The zero-order chi connectivity index (χ0) is 38.1. The van der Waals surface area contributed by atoms with E-state index in [1.54, 1.807) is 18.0 Å². The van der Waals surface area contributed by atoms with Gasteiger partial charge in [-0.05, 0) is 92.2 Å². The number of amides is 1. The molecule has 1 aromatic heterocycles. The van der Waals surface area contributed by atoms with E-state index in [-0.39, 0.29) is 19.1 Å². The molecule has 1 unspecified atom stereocenters. The first-order valence-corrected chi connectivity index (χ1v) is 19.7. The number of halogens is 1. The Bertz CT molecular complexity index is 1650. The largest absolute Gasteiger partial charge is 0.490 e. The van der Waals surface area contributed by atoms with Crippen LogP contribution in [0.15, 0.2) is 65.8 Å². The van der Waals surface area contributed by atoms with Gasteiger partial charge in [-0.2, -0.15) is 0 Å². The first kappa shape index (κ1) is 41.3. The molecule has 0 bridgehead atoms. The van der Waals surface area contributed by atoms with Crippen molar-refractivity contribution in [2.45, 2.75) is 119 Å². The Hall–Kier alpha value is -2.82. The standard InChI is InChI=1S/C39H51ClN2O10S/c1-2-3-5-12-35(44)42(38(46,47)39(48,49)52-36(45)25-43)21-8-4-9-22-53-29-15-16-33(40)27(23-29)26-50-37(18-19-37)32-24-41-20-17-30(32)31-10-6-7-11-34(31)51-28-13-14-28/h6-7,10-11,15-17,20,23-24,28,36,43,45-49H,2-5,8-9,12-14,18-19,21-22,25-26H2,1H3. The fourth-order valence-electron chi connectivity index (χ4n) is 6.06. The summed E-state index contributed by atoms with van der Waals surface area (Å²) in [7, 11) is 0. The lowest BCUT2D eigenvalue weighted by molar-refractivity contribution is -0.510. The Morgan fingerprint density at radius 1 is 1.04 bits per heavy atom. The number of aromatic nitrogens is 1. The van der Waals surface area contributed by atoms with Gasteiger partial charge in [0.05, 0.1) is 24.9 Å². The Kier molecular flexibility index (Phi) is 14.6. The summed E-state index contributed by atoms with van der Waals surface area (Å²) in [5, 5.41) is 60.9. The van der Waals surface area contributed by atoms with E-state index in [9.17, 15) is 30.3 Å². The van der Waals surface area contributed by atoms with Gasteiger partial charge >= 0.3 is 11.9 Å². The van der Waals surface area contributed by atoms with Gasteiger partial charge in [-0.15, -0.1) is 11.8 Å². The van der Waals surface area contributed by atoms with Gasteiger partial charge in [-0.25, -0.2) is 0 Å². The maximum atomic E-state index is 12.9. The molecule has 1 atom stereocenters. The summed E-state index contributed by atoms with van der Waals surface area (Å²) in [5.41, 5.74) is 3.52. The van der Waals surface area contributed by atoms with Crippen molar-refractivity contribution in [1.29, 1.82) is 0 Å². The fourth-order valence-corrected chi connectivity index (χ4v) is 7.20. The van der Waals surface area contributed by atoms with Gasteiger partial charge in [0, 0.05) is 46.4 Å². The van der Waals surface area contributed by atoms with E-state index in [2.05, 4.69) is 15.8 Å². The van der Waals surface area contributed by atoms with E-state index in [0.29, 0.717) is 42.2 Å². The number of unbranched alkanes of at least 4 members (excludes halogenated alkanes) is 4. The summed E-state index contributed by atoms with van der Waals surface area (Å²) in [6, 6.07) is 16.0. The summed E-state index contributed by atoms with van der Waals surface area (Å²) >= 11 is 8.26. The number of rotatable bonds is 23. The Morgan fingerprint density at radius 2 is 1.81 bits per heavy atom. The van der Waals surface area contributed by atoms with Crippen molar-refractivity contribution in [2.75, 3.05) is 18.9 Å². The lowest BCUT2D eigenvalue weighted by Gasteiger charge is -2.42. The van der Waals surface area contributed by atoms with Crippen molar-refractivity contribution in [1.82, 2.24) is 9.88 Å². The predicted octanol–water partition coefficient (Wildman–Crippen LogP) is 5.42. The maximum Gasteiger partial charge on any atom is 0.360 e. The minimum atomic E-state index is -3.77. The molecule has 0 aliphatic heterocycles. The topological polar surface area (TPSA) is 182 Å². The molecule has 0 saturated heterocycles. The van der Waals surface area contributed by atoms with Crippen molar-refractivity contribution in [3.8, 4) is 16.9 Å². The molecule has 5 rings (SSSR count). The molecule has 2 fully saturated rings. The van der Waals surface area contributed by atoms with E-state index >= 15 is 0 Å². The van der Waals surface area contributed by atoms with Crippen molar-refractivity contribution in [2.24, 2.45) is 0 Å². The van der Waals surface area contributed by atoms with Crippen molar-refractivity contribution >= 4 is 29.3 Å². The first-order chi connectivity index (χ1) is 25.4. The lowest BCUT2D eigenvalue weighted by Crippen LogP contribution is -2.68. The van der Waals surface area contributed by atoms with Crippen LogP contribution in [0.3, 0.4) is 0 Å². The quantitative estimate of drug-likeness (QED) is 0.0409. The van der Waals surface area contributed by atoms with Crippen LogP contribution >= 0.6 is 23.4 Å². The Labute approximate surface area is 319 Å². The molecule has 14 heteroatoms. The second kappa shape index (κ2) is 18.7. The van der Waals surface area contributed by atoms with E-state index in [4.69, 9.17) is 26.2 Å². The summed E-state index contributed by atoms with van der Waals surface area (Å²) in [6.07, 6.45) is 9.31. The van der Waals surface area contributed by atoms with Crippen LogP contribution in [0, 0.1) is 0 Å². The number of aliphatic hydroxyl groups is 6. The highest BCUT2D eigenvalue weighted by Crippen LogP contribution is 2.53. The molecule has 6 N–H and O–H groups in total. The molecule has 290 valence electrons. The van der Waals surface area contributed by atoms with E-state index in [1.165, 1.54) is 0 Å². The molecule has 2 aromatic carbocycles. The Balaban J connectivity index is 1.15. The number of hydrogen-bond donors (Lipinski definition) is 6. The molecule has 2 aliphatic rings. The van der Waals surface area contributed by atoms with Crippen molar-refractivity contribution < 1.29 is 49.6 Å². The number of thioether (sulfide) groups is 1. The average molecular weight is 775 g/mol. The number of para-hydroxylation sites is 1. The van der Waals surface area contributed by atoms with Gasteiger partial charge in [-0.3, -0.25) is 19.4 Å². The van der Waals surface area contributed by atoms with Crippen LogP contribution in [-0.4, -0.2) is 89.6 Å². The van der Waals surface area contributed by atoms with Gasteiger partial charge < -0.3 is 40.1 Å². The number of pyridine rings is 1. The van der Waals surface area contributed by atoms with Crippen LogP contribution < -0.4 is 4.74 Å². The minimum absolute atomic E-state index is 0.0539. The monoisotopic (exact) mass is 774 g/mol. The molecule has 0 radical (unpaired) electrons. The van der Waals surface area contributed by atoms with E-state index < -0.39 is 36.3 Å². The summed E-state index contributed by atoms with van der Waals surface area (Å²) in [6.45, 7) is 1.02. The molecule has 2 aliphatic carbocycles. The molecule has 3 aromatic rings. The van der Waals surface area contributed by atoms with Crippen LogP contribution in [0.2, 0.25) is 5.02 Å². The number of carbonyl (C=O) groups excluding carboxylic acids is 1. The second-order valence-electron chi connectivity index (χ2n) is 13.7. The highest BCUT2D eigenvalue weighted by atomic mass is 35.5. The normalized spacial score (nSPS) is 16.0. The molecule has 0 spiro atoms. The third kappa shape index (κ3) is 10.9. The summed E-state index contributed by atoms with van der Waals surface area (Å²) in [5.74, 6) is -6.48. The number of hydrogen-bond acceptors (Lipinski definition) is 12. The predicted molar refractivity (Wildman–Crippen MR) is 199 cm³/mol. The van der Waals surface area contributed by atoms with Crippen LogP contribution in [0.4, 0.5) is 0 Å². The third-order valence-corrected chi connectivity index (χ3v) is 10.8. The minimum Gasteiger partial charge on any atom is -0.490 e. The smallest absolute Gasteiger partial charge is 0.360 e. The van der Waals surface area contributed by atoms with E-state index in [0.717, 1.165) is 77.2 Å². The summed E-state index contributed by atoms with van der Waals surface area (Å²) in [4.78, 5) is 18.9. The number of nitrogens with zero attached hydrogens (tertiary/aromatic N) is 2. The van der Waals surface area contributed by atoms with Gasteiger partial charge in [0.1, 0.15) is 5.75 Å². The third-order valence-electron chi connectivity index (χ3n) is 9.39. The van der Waals surface area contributed by atoms with Gasteiger partial charge in [0.15, 0.2) is 6.29 Å². The summed E-state index contributed by atoms with van der Waals surface area (Å²) < 4.78 is 17.3. The maximum absolute atomic E-state index is 12.9. The zero-order valence-electron chi connectivity index (χ0n) is 30.0. The highest BCUT2D eigenvalue weighted by molar-refractivity contribution is 7.99. The molecular weight excluding hydrogens is 724 g/mol. The van der Waals surface area contributed by atoms with Crippen LogP contribution in [0.25, 0.3) is 11.1 Å². The van der Waals surface area contributed by atoms with Crippen LogP contribution in [0.5, 0.6) is 5.75 Å².